The van der Waals surface area contributed by atoms with E-state index in [0.29, 0.717) is 12.5 Å². The Morgan fingerprint density at radius 3 is 2.38 bits per heavy atom. The summed E-state index contributed by atoms with van der Waals surface area (Å²) < 4.78 is 0. The van der Waals surface area contributed by atoms with E-state index >= 15 is 0 Å². The minimum Gasteiger partial charge on any atom is -0.508 e. The lowest BCUT2D eigenvalue weighted by Gasteiger charge is -2.29. The largest absolute Gasteiger partial charge is 0.508 e. The van der Waals surface area contributed by atoms with E-state index in [1.807, 2.05) is 24.1 Å². The maximum atomic E-state index is 12.5. The highest BCUT2D eigenvalue weighted by Gasteiger charge is 2.25. The fourth-order valence-electron chi connectivity index (χ4n) is 3.06. The number of phenols is 1. The number of hydrogen-bond acceptors (Lipinski definition) is 3. The van der Waals surface area contributed by atoms with Crippen LogP contribution in [0.2, 0.25) is 0 Å². The molecule has 0 aromatic heterocycles. The van der Waals surface area contributed by atoms with Gasteiger partial charge in [0.2, 0.25) is 5.91 Å². The third-order valence-electron chi connectivity index (χ3n) is 4.43. The fraction of sp³-hybridized carbons (Fsp3) is 0.588. The van der Waals surface area contributed by atoms with Gasteiger partial charge < -0.3 is 15.7 Å². The highest BCUT2D eigenvalue weighted by atomic mass is 16.3. The van der Waals surface area contributed by atoms with E-state index in [0.717, 1.165) is 18.4 Å². The highest BCUT2D eigenvalue weighted by molar-refractivity contribution is 5.82. The average Bonchev–Trinajstić information content (AvgIpc) is 2.77. The normalized spacial score (nSPS) is 18.0. The predicted molar refractivity (Wildman–Crippen MR) is 84.0 cm³/mol. The number of rotatable bonds is 4. The van der Waals surface area contributed by atoms with Gasteiger partial charge in [-0.1, -0.05) is 37.8 Å². The average molecular weight is 290 g/mol. The minimum atomic E-state index is -0.511. The van der Waals surface area contributed by atoms with Gasteiger partial charge in [0, 0.05) is 13.1 Å². The summed E-state index contributed by atoms with van der Waals surface area (Å²) >= 11 is 0. The molecule has 1 aliphatic rings. The molecule has 1 amide bonds. The first-order chi connectivity index (χ1) is 10.1. The predicted octanol–water partition coefficient (Wildman–Crippen LogP) is 2.44. The Morgan fingerprint density at radius 1 is 1.24 bits per heavy atom. The standard InChI is InChI=1S/C17H26N2O2/c1-19(14-6-4-2-3-5-7-14)17(21)16(18)12-13-8-10-15(20)11-9-13/h8-11,14,16,20H,2-7,12,18H2,1H3/t16-/m0/s1. The van der Waals surface area contributed by atoms with Gasteiger partial charge in [0.15, 0.2) is 0 Å². The second-order valence-corrected chi connectivity index (χ2v) is 6.07. The van der Waals surface area contributed by atoms with Crippen LogP contribution in [0.1, 0.15) is 44.1 Å². The molecule has 0 radical (unpaired) electrons. The number of likely N-dealkylation sites (N-methyl/N-ethyl adjacent to an activating group) is 1. The van der Waals surface area contributed by atoms with Gasteiger partial charge in [-0.2, -0.15) is 0 Å². The Morgan fingerprint density at radius 2 is 1.81 bits per heavy atom. The van der Waals surface area contributed by atoms with E-state index in [2.05, 4.69) is 0 Å². The molecule has 1 aromatic carbocycles. The number of phenolic OH excluding ortho intramolecular Hbond substituents is 1. The molecule has 21 heavy (non-hydrogen) atoms. The zero-order valence-electron chi connectivity index (χ0n) is 12.8. The van der Waals surface area contributed by atoms with E-state index in [9.17, 15) is 9.90 Å². The minimum absolute atomic E-state index is 0.0231. The Hall–Kier alpha value is -1.55. The first kappa shape index (κ1) is 15.8. The topological polar surface area (TPSA) is 66.6 Å². The lowest BCUT2D eigenvalue weighted by atomic mass is 10.0. The number of hydrogen-bond donors (Lipinski definition) is 2. The lowest BCUT2D eigenvalue weighted by molar-refractivity contribution is -0.133. The van der Waals surface area contributed by atoms with Crippen molar-refractivity contribution in [3.05, 3.63) is 29.8 Å². The smallest absolute Gasteiger partial charge is 0.239 e. The van der Waals surface area contributed by atoms with E-state index in [-0.39, 0.29) is 11.7 Å². The van der Waals surface area contributed by atoms with Crippen LogP contribution in [-0.2, 0) is 11.2 Å². The van der Waals surface area contributed by atoms with Crippen molar-refractivity contribution in [1.29, 1.82) is 0 Å². The van der Waals surface area contributed by atoms with Gasteiger partial charge in [-0.05, 0) is 37.0 Å². The van der Waals surface area contributed by atoms with E-state index in [1.54, 1.807) is 12.1 Å². The number of amides is 1. The summed E-state index contributed by atoms with van der Waals surface area (Å²) in [5.41, 5.74) is 7.06. The number of benzene rings is 1. The molecule has 116 valence electrons. The molecule has 3 N–H and O–H groups in total. The van der Waals surface area contributed by atoms with Crippen LogP contribution in [0.25, 0.3) is 0 Å². The summed E-state index contributed by atoms with van der Waals surface area (Å²) in [7, 11) is 1.88. The van der Waals surface area contributed by atoms with Crippen molar-refractivity contribution in [1.82, 2.24) is 4.90 Å². The molecule has 4 heteroatoms. The molecule has 0 saturated heterocycles. The zero-order valence-corrected chi connectivity index (χ0v) is 12.8. The van der Waals surface area contributed by atoms with Crippen molar-refractivity contribution >= 4 is 5.91 Å². The van der Waals surface area contributed by atoms with Crippen LogP contribution in [-0.4, -0.2) is 35.0 Å². The van der Waals surface area contributed by atoms with Crippen molar-refractivity contribution in [2.24, 2.45) is 5.73 Å². The van der Waals surface area contributed by atoms with Gasteiger partial charge in [-0.15, -0.1) is 0 Å². The molecular weight excluding hydrogens is 264 g/mol. The van der Waals surface area contributed by atoms with Gasteiger partial charge >= 0.3 is 0 Å². The summed E-state index contributed by atoms with van der Waals surface area (Å²) in [6.45, 7) is 0. The number of carbonyl (C=O) groups is 1. The van der Waals surface area contributed by atoms with Gasteiger partial charge in [-0.3, -0.25) is 4.79 Å². The Kier molecular flexibility index (Phi) is 5.62. The number of carbonyl (C=O) groups excluding carboxylic acids is 1. The first-order valence-corrected chi connectivity index (χ1v) is 7.88. The third-order valence-corrected chi connectivity index (χ3v) is 4.43. The Labute approximate surface area is 126 Å². The van der Waals surface area contributed by atoms with Gasteiger partial charge in [0.05, 0.1) is 6.04 Å². The van der Waals surface area contributed by atoms with E-state index in [1.165, 1.54) is 25.7 Å². The van der Waals surface area contributed by atoms with Gasteiger partial charge in [-0.25, -0.2) is 0 Å². The summed E-state index contributed by atoms with van der Waals surface area (Å²) in [5, 5.41) is 9.28. The molecule has 1 atom stereocenters. The highest BCUT2D eigenvalue weighted by Crippen LogP contribution is 2.21. The van der Waals surface area contributed by atoms with Crippen LogP contribution in [0, 0.1) is 0 Å². The number of nitrogens with zero attached hydrogens (tertiary/aromatic N) is 1. The molecule has 0 heterocycles. The zero-order chi connectivity index (χ0) is 15.2. The Balaban J connectivity index is 1.92. The van der Waals surface area contributed by atoms with E-state index in [4.69, 9.17) is 5.73 Å². The summed E-state index contributed by atoms with van der Waals surface area (Å²) in [6, 6.07) is 6.71. The van der Waals surface area contributed by atoms with Crippen LogP contribution in [0.15, 0.2) is 24.3 Å². The van der Waals surface area contributed by atoms with Crippen molar-refractivity contribution in [3.63, 3.8) is 0 Å². The maximum Gasteiger partial charge on any atom is 0.239 e. The van der Waals surface area contributed by atoms with Gasteiger partial charge in [0.1, 0.15) is 5.75 Å². The van der Waals surface area contributed by atoms with Crippen molar-refractivity contribution in [2.75, 3.05) is 7.05 Å². The molecule has 0 bridgehead atoms. The third kappa shape index (κ3) is 4.46. The molecule has 0 unspecified atom stereocenters. The second kappa shape index (κ2) is 7.46. The Bertz CT molecular complexity index is 450. The van der Waals surface area contributed by atoms with Crippen molar-refractivity contribution in [3.8, 4) is 5.75 Å². The van der Waals surface area contributed by atoms with Gasteiger partial charge in [0.25, 0.3) is 0 Å². The van der Waals surface area contributed by atoms with Crippen LogP contribution >= 0.6 is 0 Å². The summed E-state index contributed by atoms with van der Waals surface area (Å²) in [5.74, 6) is 0.254. The first-order valence-electron chi connectivity index (χ1n) is 7.88. The molecule has 1 aliphatic carbocycles. The number of aromatic hydroxyl groups is 1. The summed E-state index contributed by atoms with van der Waals surface area (Å²) in [6.07, 6.45) is 7.65. The molecule has 0 aliphatic heterocycles. The molecule has 1 aromatic rings. The lowest BCUT2D eigenvalue weighted by Crippen LogP contribution is -2.47. The molecule has 0 spiro atoms. The number of nitrogens with two attached hydrogens (primary N) is 1. The van der Waals surface area contributed by atoms with Crippen molar-refractivity contribution < 1.29 is 9.90 Å². The molecular formula is C17H26N2O2. The van der Waals surface area contributed by atoms with Crippen LogP contribution in [0.4, 0.5) is 0 Å². The molecule has 1 saturated carbocycles. The SMILES string of the molecule is CN(C(=O)[C@@H](N)Cc1ccc(O)cc1)C1CCCCCC1. The summed E-state index contributed by atoms with van der Waals surface area (Å²) in [4.78, 5) is 14.3. The van der Waals surface area contributed by atoms with Crippen LogP contribution in [0.3, 0.4) is 0 Å². The second-order valence-electron chi connectivity index (χ2n) is 6.07. The molecule has 4 nitrogen and oxygen atoms in total. The van der Waals surface area contributed by atoms with Crippen molar-refractivity contribution in [2.45, 2.75) is 57.0 Å². The van der Waals surface area contributed by atoms with E-state index < -0.39 is 6.04 Å². The monoisotopic (exact) mass is 290 g/mol. The van der Waals surface area contributed by atoms with Crippen LogP contribution < -0.4 is 5.73 Å². The maximum absolute atomic E-state index is 12.5. The fourth-order valence-corrected chi connectivity index (χ4v) is 3.06. The molecule has 1 fully saturated rings. The molecule has 2 rings (SSSR count). The quantitative estimate of drug-likeness (QED) is 0.837. The van der Waals surface area contributed by atoms with Crippen LogP contribution in [0.5, 0.6) is 5.75 Å².